The Morgan fingerprint density at radius 1 is 1.00 bits per heavy atom. The van der Waals surface area contributed by atoms with Gasteiger partial charge in [-0.3, -0.25) is 0 Å². The summed E-state index contributed by atoms with van der Waals surface area (Å²) in [6.07, 6.45) is 3.24. The molecule has 0 fully saturated rings. The predicted molar refractivity (Wildman–Crippen MR) is 106 cm³/mol. The van der Waals surface area contributed by atoms with Gasteiger partial charge < -0.3 is 14.6 Å². The molecule has 2 heterocycles. The van der Waals surface area contributed by atoms with E-state index in [9.17, 15) is 0 Å². The van der Waals surface area contributed by atoms with Gasteiger partial charge >= 0.3 is 0 Å². The van der Waals surface area contributed by atoms with Crippen LogP contribution in [0.25, 0.3) is 10.9 Å². The van der Waals surface area contributed by atoms with Crippen molar-refractivity contribution in [1.29, 1.82) is 0 Å². The first-order chi connectivity index (χ1) is 12.3. The van der Waals surface area contributed by atoms with Crippen LogP contribution >= 0.6 is 15.9 Å². The molecule has 1 aliphatic heterocycles. The highest BCUT2D eigenvalue weighted by Crippen LogP contribution is 2.28. The van der Waals surface area contributed by atoms with Gasteiger partial charge in [0.25, 0.3) is 0 Å². The van der Waals surface area contributed by atoms with Crippen LogP contribution in [-0.2, 0) is 19.4 Å². The summed E-state index contributed by atoms with van der Waals surface area (Å²) >= 11 is 3.45. The molecule has 3 nitrogen and oxygen atoms in total. The lowest BCUT2D eigenvalue weighted by atomic mass is 10.1. The van der Waals surface area contributed by atoms with Crippen LogP contribution in [-0.4, -0.2) is 24.3 Å². The summed E-state index contributed by atoms with van der Waals surface area (Å²) in [6, 6.07) is 16.9. The zero-order valence-electron chi connectivity index (χ0n) is 14.3. The third-order valence-electron chi connectivity index (χ3n) is 4.89. The molecule has 4 rings (SSSR count). The van der Waals surface area contributed by atoms with E-state index in [1.165, 1.54) is 22.2 Å². The number of rotatable bonds is 5. The van der Waals surface area contributed by atoms with Gasteiger partial charge in [0.2, 0.25) is 0 Å². The third kappa shape index (κ3) is 3.60. The zero-order valence-corrected chi connectivity index (χ0v) is 15.9. The van der Waals surface area contributed by atoms with Crippen molar-refractivity contribution in [2.75, 3.05) is 19.7 Å². The molecule has 2 aromatic carbocycles. The molecule has 4 heteroatoms. The Bertz CT molecular complexity index is 854. The maximum Gasteiger partial charge on any atom is 0.119 e. The van der Waals surface area contributed by atoms with E-state index in [1.807, 2.05) is 24.3 Å². The summed E-state index contributed by atoms with van der Waals surface area (Å²) in [6.45, 7) is 3.89. The van der Waals surface area contributed by atoms with Crippen LogP contribution in [0.1, 0.15) is 17.7 Å². The van der Waals surface area contributed by atoms with Crippen LogP contribution in [0.3, 0.4) is 0 Å². The molecule has 0 amide bonds. The minimum atomic E-state index is 0.737. The molecule has 1 aromatic heterocycles. The smallest absolute Gasteiger partial charge is 0.119 e. The molecular weight excluding hydrogens is 376 g/mol. The molecule has 0 radical (unpaired) electrons. The summed E-state index contributed by atoms with van der Waals surface area (Å²) in [5.41, 5.74) is 4.42. The maximum absolute atomic E-state index is 5.89. The van der Waals surface area contributed by atoms with Crippen molar-refractivity contribution in [2.45, 2.75) is 25.8 Å². The average molecular weight is 399 g/mol. The van der Waals surface area contributed by atoms with Crippen molar-refractivity contribution in [2.24, 2.45) is 0 Å². The number of nitrogens with one attached hydrogen (secondary N) is 1. The molecule has 25 heavy (non-hydrogen) atoms. The quantitative estimate of drug-likeness (QED) is 0.637. The van der Waals surface area contributed by atoms with Crippen molar-refractivity contribution in [3.8, 4) is 5.75 Å². The Hall–Kier alpha value is -1.78. The van der Waals surface area contributed by atoms with E-state index in [-0.39, 0.29) is 0 Å². The Morgan fingerprint density at radius 2 is 1.80 bits per heavy atom. The fourth-order valence-corrected chi connectivity index (χ4v) is 4.00. The van der Waals surface area contributed by atoms with Gasteiger partial charge in [-0.1, -0.05) is 34.1 Å². The Kier molecular flexibility index (Phi) is 5.09. The first kappa shape index (κ1) is 16.7. The molecule has 0 bridgehead atoms. The van der Waals surface area contributed by atoms with Gasteiger partial charge in [0.05, 0.1) is 6.61 Å². The van der Waals surface area contributed by atoms with Crippen LogP contribution in [0.15, 0.2) is 53.0 Å². The Morgan fingerprint density at radius 3 is 2.68 bits per heavy atom. The second kappa shape index (κ2) is 7.63. The first-order valence-electron chi connectivity index (χ1n) is 9.01. The van der Waals surface area contributed by atoms with Crippen LogP contribution < -0.4 is 10.1 Å². The highest BCUT2D eigenvalue weighted by Gasteiger charge is 2.18. The van der Waals surface area contributed by atoms with E-state index in [1.54, 1.807) is 0 Å². The monoisotopic (exact) mass is 398 g/mol. The highest BCUT2D eigenvalue weighted by atomic mass is 79.9. The summed E-state index contributed by atoms with van der Waals surface area (Å²) in [7, 11) is 0. The minimum Gasteiger partial charge on any atom is -0.494 e. The number of fused-ring (bicyclic) bond motifs is 3. The van der Waals surface area contributed by atoms with Crippen molar-refractivity contribution in [1.82, 2.24) is 9.88 Å². The van der Waals surface area contributed by atoms with Crippen LogP contribution in [0, 0.1) is 0 Å². The molecule has 0 saturated heterocycles. The Balaban J connectivity index is 1.49. The summed E-state index contributed by atoms with van der Waals surface area (Å²) < 4.78 is 9.49. The lowest BCUT2D eigenvalue weighted by Crippen LogP contribution is -2.17. The molecule has 1 N–H and O–H groups in total. The largest absolute Gasteiger partial charge is 0.494 e. The van der Waals surface area contributed by atoms with Crippen molar-refractivity contribution < 1.29 is 4.74 Å². The van der Waals surface area contributed by atoms with Crippen LogP contribution in [0.2, 0.25) is 0 Å². The van der Waals surface area contributed by atoms with E-state index >= 15 is 0 Å². The molecule has 0 aliphatic carbocycles. The lowest BCUT2D eigenvalue weighted by Gasteiger charge is -2.12. The minimum absolute atomic E-state index is 0.737. The van der Waals surface area contributed by atoms with Crippen molar-refractivity contribution >= 4 is 26.8 Å². The highest BCUT2D eigenvalue weighted by molar-refractivity contribution is 9.10. The van der Waals surface area contributed by atoms with E-state index in [0.29, 0.717) is 0 Å². The maximum atomic E-state index is 5.89. The van der Waals surface area contributed by atoms with Gasteiger partial charge in [-0.05, 0) is 55.3 Å². The van der Waals surface area contributed by atoms with Gasteiger partial charge in [-0.2, -0.15) is 0 Å². The van der Waals surface area contributed by atoms with Crippen molar-refractivity contribution in [3.05, 3.63) is 64.3 Å². The number of ether oxygens (including phenoxy) is 1. The lowest BCUT2D eigenvalue weighted by molar-refractivity contribution is 0.302. The SMILES string of the molecule is Brc1ccc(OCCCn2c3c(c4ccccc42)CCNCC3)cc1. The number of aromatic nitrogens is 1. The number of hydrogen-bond acceptors (Lipinski definition) is 2. The van der Waals surface area contributed by atoms with Crippen molar-refractivity contribution in [3.63, 3.8) is 0 Å². The molecular formula is C21H23BrN2O. The number of benzene rings is 2. The summed E-state index contributed by atoms with van der Waals surface area (Å²) in [4.78, 5) is 0. The molecule has 0 spiro atoms. The first-order valence-corrected chi connectivity index (χ1v) is 9.80. The molecule has 130 valence electrons. The van der Waals surface area contributed by atoms with E-state index in [2.05, 4.69) is 50.1 Å². The van der Waals surface area contributed by atoms with Crippen LogP contribution in [0.4, 0.5) is 0 Å². The topological polar surface area (TPSA) is 26.2 Å². The number of aryl methyl sites for hydroxylation is 1. The van der Waals surface area contributed by atoms with Gasteiger partial charge in [0.15, 0.2) is 0 Å². The predicted octanol–water partition coefficient (Wildman–Crippen LogP) is 4.56. The zero-order chi connectivity index (χ0) is 17.1. The Labute approximate surface area is 157 Å². The number of nitrogens with zero attached hydrogens (tertiary/aromatic N) is 1. The second-order valence-electron chi connectivity index (χ2n) is 6.50. The van der Waals surface area contributed by atoms with Gasteiger partial charge in [0, 0.05) is 40.6 Å². The summed E-state index contributed by atoms with van der Waals surface area (Å²) in [5.74, 6) is 0.934. The third-order valence-corrected chi connectivity index (χ3v) is 5.42. The molecule has 0 unspecified atom stereocenters. The summed E-state index contributed by atoms with van der Waals surface area (Å²) in [5, 5.41) is 4.95. The average Bonchev–Trinajstić information content (AvgIpc) is 2.78. The fraction of sp³-hybridized carbons (Fsp3) is 0.333. The molecule has 3 aromatic rings. The van der Waals surface area contributed by atoms with Gasteiger partial charge in [-0.25, -0.2) is 0 Å². The molecule has 0 atom stereocenters. The standard InChI is InChI=1S/C21H23BrN2O/c22-16-6-8-17(9-7-16)25-15-3-14-24-20-5-2-1-4-18(20)19-10-12-23-13-11-21(19)24/h1-2,4-9,23H,3,10-15H2. The van der Waals surface area contributed by atoms with Gasteiger partial charge in [0.1, 0.15) is 5.75 Å². The van der Waals surface area contributed by atoms with Gasteiger partial charge in [-0.15, -0.1) is 0 Å². The number of halogens is 1. The molecule has 1 aliphatic rings. The van der Waals surface area contributed by atoms with E-state index in [4.69, 9.17) is 4.74 Å². The van der Waals surface area contributed by atoms with E-state index < -0.39 is 0 Å². The molecule has 0 saturated carbocycles. The second-order valence-corrected chi connectivity index (χ2v) is 7.42. The fourth-order valence-electron chi connectivity index (χ4n) is 3.74. The van der Waals surface area contributed by atoms with Crippen LogP contribution in [0.5, 0.6) is 5.75 Å². The number of hydrogen-bond donors (Lipinski definition) is 1. The van der Waals surface area contributed by atoms with E-state index in [0.717, 1.165) is 55.7 Å². The normalized spacial score (nSPS) is 14.3. The number of para-hydroxylation sites is 1.